The van der Waals surface area contributed by atoms with Crippen molar-refractivity contribution in [3.8, 4) is 5.75 Å². The molecule has 0 aliphatic carbocycles. The molecule has 13 heavy (non-hydrogen) atoms. The van der Waals surface area contributed by atoms with Gasteiger partial charge in [0.25, 0.3) is 0 Å². The average Bonchev–Trinajstić information content (AvgIpc) is 2.67. The van der Waals surface area contributed by atoms with E-state index in [0.717, 1.165) is 16.8 Å². The van der Waals surface area contributed by atoms with E-state index in [4.69, 9.17) is 4.74 Å². The molecule has 70 valence electrons. The second-order valence-corrected chi connectivity index (χ2v) is 2.18. The normalized spacial score (nSPS) is 9.15. The highest BCUT2D eigenvalue weighted by molar-refractivity contribution is 5.74. The fraction of sp³-hybridized carbons (Fsp3) is 0.333. The van der Waals surface area contributed by atoms with Crippen molar-refractivity contribution in [2.75, 3.05) is 7.11 Å². The number of aromatic amines is 1. The Morgan fingerprint density at radius 3 is 2.54 bits per heavy atom. The van der Waals surface area contributed by atoms with E-state index in [2.05, 4.69) is 15.4 Å². The van der Waals surface area contributed by atoms with Gasteiger partial charge in [-0.15, -0.1) is 0 Å². The van der Waals surface area contributed by atoms with Gasteiger partial charge in [0.15, 0.2) is 0 Å². The van der Waals surface area contributed by atoms with Crippen molar-refractivity contribution in [3.05, 3.63) is 18.2 Å². The summed E-state index contributed by atoms with van der Waals surface area (Å²) in [5.41, 5.74) is 1.68. The maximum absolute atomic E-state index is 5.01. The molecule has 0 aliphatic heterocycles. The van der Waals surface area contributed by atoms with E-state index >= 15 is 0 Å². The maximum Gasteiger partial charge on any atom is 0.121 e. The molecular weight excluding hydrogens is 166 g/mol. The first-order valence-corrected chi connectivity index (χ1v) is 4.24. The molecule has 2 rings (SSSR count). The van der Waals surface area contributed by atoms with E-state index in [0.29, 0.717) is 0 Å². The number of aromatic nitrogens is 3. The van der Waals surface area contributed by atoms with Gasteiger partial charge in [-0.3, -0.25) is 0 Å². The Labute approximate surface area is 76.9 Å². The Kier molecular flexibility index (Phi) is 3.25. The van der Waals surface area contributed by atoms with Crippen LogP contribution < -0.4 is 4.74 Å². The number of H-pyrrole nitrogens is 1. The number of nitrogens with zero attached hydrogens (tertiary/aromatic N) is 2. The van der Waals surface area contributed by atoms with E-state index < -0.39 is 0 Å². The number of fused-ring (bicyclic) bond motifs is 1. The Hall–Kier alpha value is -1.58. The van der Waals surface area contributed by atoms with Gasteiger partial charge in [-0.2, -0.15) is 15.4 Å². The van der Waals surface area contributed by atoms with Crippen LogP contribution in [0, 0.1) is 0 Å². The van der Waals surface area contributed by atoms with Crippen LogP contribution in [0.25, 0.3) is 11.0 Å². The van der Waals surface area contributed by atoms with Crippen molar-refractivity contribution in [2.45, 2.75) is 13.8 Å². The predicted octanol–water partition coefficient (Wildman–Crippen LogP) is 1.99. The summed E-state index contributed by atoms with van der Waals surface area (Å²) in [6, 6.07) is 5.54. The number of hydrogen-bond acceptors (Lipinski definition) is 3. The van der Waals surface area contributed by atoms with Crippen LogP contribution >= 0.6 is 0 Å². The molecule has 0 amide bonds. The Balaban J connectivity index is 0.000000396. The van der Waals surface area contributed by atoms with E-state index in [-0.39, 0.29) is 0 Å². The second-order valence-electron chi connectivity index (χ2n) is 2.18. The van der Waals surface area contributed by atoms with Crippen molar-refractivity contribution in [2.24, 2.45) is 0 Å². The van der Waals surface area contributed by atoms with Crippen LogP contribution in [0.15, 0.2) is 18.2 Å². The molecule has 0 spiro atoms. The van der Waals surface area contributed by atoms with E-state index in [1.165, 1.54) is 0 Å². The number of hydrogen-bond donors (Lipinski definition) is 1. The predicted molar refractivity (Wildman–Crippen MR) is 51.8 cm³/mol. The first-order valence-electron chi connectivity index (χ1n) is 4.24. The smallest absolute Gasteiger partial charge is 0.121 e. The standard InChI is InChI=1S/C7H7N3O.C2H6/c1-11-5-2-3-6-7(4-5)9-10-8-6;1-2/h2-4H,1H3,(H,8,9,10);1-2H3. The van der Waals surface area contributed by atoms with E-state index in [1.54, 1.807) is 7.11 Å². The van der Waals surface area contributed by atoms with Crippen LogP contribution in [0.2, 0.25) is 0 Å². The summed E-state index contributed by atoms with van der Waals surface area (Å²) in [7, 11) is 1.63. The Morgan fingerprint density at radius 1 is 1.15 bits per heavy atom. The summed E-state index contributed by atoms with van der Waals surface area (Å²) in [5.74, 6) is 0.798. The fourth-order valence-electron chi connectivity index (χ4n) is 0.947. The molecule has 1 aromatic carbocycles. The zero-order valence-corrected chi connectivity index (χ0v) is 8.03. The first kappa shape index (κ1) is 9.51. The van der Waals surface area contributed by atoms with Gasteiger partial charge in [-0.25, -0.2) is 0 Å². The molecule has 4 heteroatoms. The highest BCUT2D eigenvalue weighted by Gasteiger charge is 1.97. The van der Waals surface area contributed by atoms with Crippen LogP contribution in [-0.4, -0.2) is 22.5 Å². The van der Waals surface area contributed by atoms with Gasteiger partial charge in [0.2, 0.25) is 0 Å². The zero-order valence-electron chi connectivity index (χ0n) is 8.03. The van der Waals surface area contributed by atoms with Crippen molar-refractivity contribution in [3.63, 3.8) is 0 Å². The molecule has 0 saturated heterocycles. The molecule has 2 aromatic rings. The lowest BCUT2D eigenvalue weighted by Crippen LogP contribution is -1.81. The molecule has 0 radical (unpaired) electrons. The largest absolute Gasteiger partial charge is 0.497 e. The topological polar surface area (TPSA) is 50.8 Å². The fourth-order valence-corrected chi connectivity index (χ4v) is 0.947. The quantitative estimate of drug-likeness (QED) is 0.728. The number of nitrogens with one attached hydrogen (secondary N) is 1. The van der Waals surface area contributed by atoms with Gasteiger partial charge < -0.3 is 4.74 Å². The molecule has 1 N–H and O–H groups in total. The van der Waals surface area contributed by atoms with E-state index in [9.17, 15) is 0 Å². The van der Waals surface area contributed by atoms with Crippen LogP contribution in [0.4, 0.5) is 0 Å². The van der Waals surface area contributed by atoms with Crippen LogP contribution in [0.5, 0.6) is 5.75 Å². The molecule has 0 bridgehead atoms. The van der Waals surface area contributed by atoms with Gasteiger partial charge in [0.1, 0.15) is 16.8 Å². The summed E-state index contributed by atoms with van der Waals surface area (Å²) in [5, 5.41) is 10.3. The van der Waals surface area contributed by atoms with Crippen molar-refractivity contribution >= 4 is 11.0 Å². The zero-order chi connectivity index (χ0) is 9.68. The monoisotopic (exact) mass is 179 g/mol. The Morgan fingerprint density at radius 2 is 1.85 bits per heavy atom. The van der Waals surface area contributed by atoms with Gasteiger partial charge in [0.05, 0.1) is 7.11 Å². The highest BCUT2D eigenvalue weighted by atomic mass is 16.5. The van der Waals surface area contributed by atoms with Crippen molar-refractivity contribution in [1.29, 1.82) is 0 Å². The minimum absolute atomic E-state index is 0.798. The third-order valence-corrected chi connectivity index (χ3v) is 1.52. The molecule has 1 aromatic heterocycles. The van der Waals surface area contributed by atoms with Crippen LogP contribution in [0.3, 0.4) is 0 Å². The van der Waals surface area contributed by atoms with Crippen molar-refractivity contribution in [1.82, 2.24) is 15.4 Å². The molecule has 1 heterocycles. The molecule has 0 unspecified atom stereocenters. The van der Waals surface area contributed by atoms with Gasteiger partial charge in [-0.1, -0.05) is 13.8 Å². The summed E-state index contributed by atoms with van der Waals surface area (Å²) in [6.45, 7) is 4.00. The number of methoxy groups -OCH3 is 1. The van der Waals surface area contributed by atoms with Gasteiger partial charge in [-0.05, 0) is 12.1 Å². The molecule has 4 nitrogen and oxygen atoms in total. The number of rotatable bonds is 1. The minimum atomic E-state index is 0.798. The highest BCUT2D eigenvalue weighted by Crippen LogP contribution is 2.15. The summed E-state index contributed by atoms with van der Waals surface area (Å²) in [4.78, 5) is 0. The summed E-state index contributed by atoms with van der Waals surface area (Å²) >= 11 is 0. The SMILES string of the molecule is CC.COc1ccc2n[nH]nc2c1. The molecule has 0 atom stereocenters. The molecule has 0 fully saturated rings. The third kappa shape index (κ3) is 1.96. The number of benzene rings is 1. The number of ether oxygens (including phenoxy) is 1. The lowest BCUT2D eigenvalue weighted by molar-refractivity contribution is 0.415. The summed E-state index contributed by atoms with van der Waals surface area (Å²) in [6.07, 6.45) is 0. The van der Waals surface area contributed by atoms with Crippen molar-refractivity contribution < 1.29 is 4.74 Å². The Bertz CT molecular complexity index is 370. The minimum Gasteiger partial charge on any atom is -0.497 e. The molecular formula is C9H13N3O. The maximum atomic E-state index is 5.01. The average molecular weight is 179 g/mol. The summed E-state index contributed by atoms with van der Waals surface area (Å²) < 4.78 is 5.01. The second kappa shape index (κ2) is 4.45. The lowest BCUT2D eigenvalue weighted by atomic mass is 10.3. The lowest BCUT2D eigenvalue weighted by Gasteiger charge is -1.95. The molecule has 0 aliphatic rings. The van der Waals surface area contributed by atoms with Gasteiger partial charge >= 0.3 is 0 Å². The third-order valence-electron chi connectivity index (χ3n) is 1.52. The molecule has 0 saturated carbocycles. The van der Waals surface area contributed by atoms with Gasteiger partial charge in [0, 0.05) is 6.07 Å². The first-order chi connectivity index (χ1) is 6.40. The van der Waals surface area contributed by atoms with Crippen LogP contribution in [-0.2, 0) is 0 Å². The van der Waals surface area contributed by atoms with Crippen LogP contribution in [0.1, 0.15) is 13.8 Å². The van der Waals surface area contributed by atoms with E-state index in [1.807, 2.05) is 32.0 Å².